The Hall–Kier alpha value is -1.06. The van der Waals surface area contributed by atoms with Crippen LogP contribution in [0.15, 0.2) is 18.2 Å². The van der Waals surface area contributed by atoms with E-state index in [0.717, 1.165) is 44.3 Å². The number of nitrogens with zero attached hydrogens (tertiary/aromatic N) is 1. The maximum Gasteiger partial charge on any atom is 0.123 e. The van der Waals surface area contributed by atoms with Crippen LogP contribution >= 0.6 is 0 Å². The third kappa shape index (κ3) is 3.58. The molecule has 0 bridgehead atoms. The summed E-state index contributed by atoms with van der Waals surface area (Å²) < 4.78 is 6.16. The first-order chi connectivity index (χ1) is 10.3. The fourth-order valence-electron chi connectivity index (χ4n) is 3.80. The van der Waals surface area contributed by atoms with Gasteiger partial charge in [-0.25, -0.2) is 0 Å². The van der Waals surface area contributed by atoms with Gasteiger partial charge in [-0.3, -0.25) is 4.90 Å². The number of fused-ring (bicyclic) bond motifs is 1. The van der Waals surface area contributed by atoms with E-state index in [1.165, 1.54) is 36.8 Å². The molecule has 0 aromatic heterocycles. The van der Waals surface area contributed by atoms with Crippen LogP contribution in [0.4, 0.5) is 0 Å². The predicted octanol–water partition coefficient (Wildman–Crippen LogP) is 2.89. The Morgan fingerprint density at radius 2 is 2.10 bits per heavy atom. The molecule has 1 aliphatic carbocycles. The standard InChI is InChI=1S/C18H28N2O/c1-14-7-8-18-15(11-14)12-17(21-18)13-20(10-4-9-19)16-5-2-3-6-16/h7-8,11,16-17H,2-6,9-10,12-13,19H2,1H3. The van der Waals surface area contributed by atoms with Gasteiger partial charge in [0.25, 0.3) is 0 Å². The van der Waals surface area contributed by atoms with Crippen LogP contribution in [0.25, 0.3) is 0 Å². The van der Waals surface area contributed by atoms with Gasteiger partial charge in [-0.15, -0.1) is 0 Å². The Morgan fingerprint density at radius 1 is 1.29 bits per heavy atom. The van der Waals surface area contributed by atoms with Gasteiger partial charge >= 0.3 is 0 Å². The summed E-state index contributed by atoms with van der Waals surface area (Å²) in [5.41, 5.74) is 8.42. The van der Waals surface area contributed by atoms with Crippen LogP contribution in [0.2, 0.25) is 0 Å². The summed E-state index contributed by atoms with van der Waals surface area (Å²) in [5.74, 6) is 1.09. The van der Waals surface area contributed by atoms with E-state index in [4.69, 9.17) is 10.5 Å². The summed E-state index contributed by atoms with van der Waals surface area (Å²) in [6.45, 7) is 5.11. The second-order valence-corrected chi connectivity index (χ2v) is 6.63. The zero-order chi connectivity index (χ0) is 14.7. The van der Waals surface area contributed by atoms with Gasteiger partial charge in [-0.1, -0.05) is 30.5 Å². The third-order valence-corrected chi connectivity index (χ3v) is 4.89. The number of nitrogens with two attached hydrogens (primary N) is 1. The lowest BCUT2D eigenvalue weighted by molar-refractivity contribution is 0.116. The highest BCUT2D eigenvalue weighted by Gasteiger charge is 2.29. The maximum atomic E-state index is 6.16. The summed E-state index contributed by atoms with van der Waals surface area (Å²) in [5, 5.41) is 0. The Labute approximate surface area is 128 Å². The minimum Gasteiger partial charge on any atom is -0.488 e. The monoisotopic (exact) mass is 288 g/mol. The van der Waals surface area contributed by atoms with Gasteiger partial charge in [-0.2, -0.15) is 0 Å². The fourth-order valence-corrected chi connectivity index (χ4v) is 3.80. The van der Waals surface area contributed by atoms with Crippen LogP contribution in [0, 0.1) is 6.92 Å². The molecule has 0 amide bonds. The van der Waals surface area contributed by atoms with Crippen LogP contribution in [-0.2, 0) is 6.42 Å². The molecule has 1 atom stereocenters. The summed E-state index contributed by atoms with van der Waals surface area (Å²) in [6.07, 6.45) is 7.94. The van der Waals surface area contributed by atoms with Crippen molar-refractivity contribution in [1.82, 2.24) is 4.90 Å². The Morgan fingerprint density at radius 3 is 2.86 bits per heavy atom. The van der Waals surface area contributed by atoms with E-state index in [1.807, 2.05) is 0 Å². The van der Waals surface area contributed by atoms with Gasteiger partial charge in [0.2, 0.25) is 0 Å². The molecule has 1 heterocycles. The van der Waals surface area contributed by atoms with E-state index in [-0.39, 0.29) is 0 Å². The Bertz CT molecular complexity index is 468. The number of rotatable bonds is 6. The largest absolute Gasteiger partial charge is 0.488 e. The molecule has 1 aromatic rings. The van der Waals surface area contributed by atoms with Crippen LogP contribution in [-0.4, -0.2) is 36.7 Å². The van der Waals surface area contributed by atoms with Crippen molar-refractivity contribution >= 4 is 0 Å². The first-order valence-corrected chi connectivity index (χ1v) is 8.46. The highest BCUT2D eigenvalue weighted by molar-refractivity contribution is 5.40. The molecule has 0 radical (unpaired) electrons. The molecule has 2 aliphatic rings. The lowest BCUT2D eigenvalue weighted by atomic mass is 10.1. The van der Waals surface area contributed by atoms with Crippen molar-refractivity contribution in [2.45, 2.75) is 57.6 Å². The SMILES string of the molecule is Cc1ccc2c(c1)CC(CN(CCCN)C1CCCC1)O2. The third-order valence-electron chi connectivity index (χ3n) is 4.89. The molecule has 0 saturated heterocycles. The first kappa shape index (κ1) is 14.9. The van der Waals surface area contributed by atoms with Crippen LogP contribution in [0.3, 0.4) is 0 Å². The highest BCUT2D eigenvalue weighted by atomic mass is 16.5. The lowest BCUT2D eigenvalue weighted by Gasteiger charge is -2.30. The summed E-state index contributed by atoms with van der Waals surface area (Å²) in [7, 11) is 0. The van der Waals surface area contributed by atoms with E-state index in [0.29, 0.717) is 6.10 Å². The maximum absolute atomic E-state index is 6.16. The quantitative estimate of drug-likeness (QED) is 0.875. The van der Waals surface area contributed by atoms with E-state index in [9.17, 15) is 0 Å². The molecule has 1 unspecified atom stereocenters. The number of hydrogen-bond acceptors (Lipinski definition) is 3. The minimum atomic E-state index is 0.320. The average molecular weight is 288 g/mol. The molecule has 0 spiro atoms. The molecule has 1 aromatic carbocycles. The van der Waals surface area contributed by atoms with Gasteiger partial charge in [-0.05, 0) is 50.9 Å². The van der Waals surface area contributed by atoms with Gasteiger partial charge in [0, 0.05) is 19.0 Å². The van der Waals surface area contributed by atoms with Gasteiger partial charge < -0.3 is 10.5 Å². The number of hydrogen-bond donors (Lipinski definition) is 1. The number of ether oxygens (including phenoxy) is 1. The highest BCUT2D eigenvalue weighted by Crippen LogP contribution is 2.31. The van der Waals surface area contributed by atoms with Gasteiger partial charge in [0.15, 0.2) is 0 Å². The van der Waals surface area contributed by atoms with Crippen LogP contribution < -0.4 is 10.5 Å². The van der Waals surface area contributed by atoms with Crippen molar-refractivity contribution in [2.24, 2.45) is 5.73 Å². The van der Waals surface area contributed by atoms with Gasteiger partial charge in [0.1, 0.15) is 11.9 Å². The fraction of sp³-hybridized carbons (Fsp3) is 0.667. The van der Waals surface area contributed by atoms with Crippen molar-refractivity contribution in [3.05, 3.63) is 29.3 Å². The Kier molecular flexibility index (Phi) is 4.81. The predicted molar refractivity (Wildman–Crippen MR) is 86.8 cm³/mol. The number of aryl methyl sites for hydroxylation is 1. The van der Waals surface area contributed by atoms with E-state index in [1.54, 1.807) is 0 Å². The zero-order valence-corrected chi connectivity index (χ0v) is 13.2. The van der Waals surface area contributed by atoms with Crippen molar-refractivity contribution in [3.63, 3.8) is 0 Å². The summed E-state index contributed by atoms with van der Waals surface area (Å²) in [4.78, 5) is 2.64. The molecule has 2 N–H and O–H groups in total. The second kappa shape index (κ2) is 6.80. The molecule has 116 valence electrons. The average Bonchev–Trinajstić information content (AvgIpc) is 3.11. The Balaban J connectivity index is 1.61. The zero-order valence-electron chi connectivity index (χ0n) is 13.2. The lowest BCUT2D eigenvalue weighted by Crippen LogP contribution is -2.41. The van der Waals surface area contributed by atoms with E-state index >= 15 is 0 Å². The topological polar surface area (TPSA) is 38.5 Å². The van der Waals surface area contributed by atoms with Crippen molar-refractivity contribution in [2.75, 3.05) is 19.6 Å². The molecular weight excluding hydrogens is 260 g/mol. The molecule has 3 nitrogen and oxygen atoms in total. The smallest absolute Gasteiger partial charge is 0.123 e. The molecule has 1 fully saturated rings. The van der Waals surface area contributed by atoms with Crippen molar-refractivity contribution in [1.29, 1.82) is 0 Å². The number of benzene rings is 1. The second-order valence-electron chi connectivity index (χ2n) is 6.63. The van der Waals surface area contributed by atoms with Crippen molar-refractivity contribution < 1.29 is 4.74 Å². The molecule has 1 saturated carbocycles. The summed E-state index contributed by atoms with van der Waals surface area (Å²) >= 11 is 0. The van der Waals surface area contributed by atoms with Crippen LogP contribution in [0.5, 0.6) is 5.75 Å². The van der Waals surface area contributed by atoms with E-state index in [2.05, 4.69) is 30.0 Å². The molecule has 3 heteroatoms. The van der Waals surface area contributed by atoms with Crippen molar-refractivity contribution in [3.8, 4) is 5.75 Å². The molecular formula is C18H28N2O. The molecule has 1 aliphatic heterocycles. The molecule has 21 heavy (non-hydrogen) atoms. The molecule has 3 rings (SSSR count). The summed E-state index contributed by atoms with van der Waals surface area (Å²) in [6, 6.07) is 7.30. The van der Waals surface area contributed by atoms with Crippen LogP contribution in [0.1, 0.15) is 43.2 Å². The van der Waals surface area contributed by atoms with Gasteiger partial charge in [0.05, 0.1) is 0 Å². The minimum absolute atomic E-state index is 0.320. The van der Waals surface area contributed by atoms with E-state index < -0.39 is 0 Å². The normalized spacial score (nSPS) is 21.8. The first-order valence-electron chi connectivity index (χ1n) is 8.46.